The van der Waals surface area contributed by atoms with Gasteiger partial charge in [0.05, 0.1) is 5.92 Å². The Morgan fingerprint density at radius 1 is 1.23 bits per heavy atom. The van der Waals surface area contributed by atoms with Crippen LogP contribution in [0.25, 0.3) is 0 Å². The van der Waals surface area contributed by atoms with E-state index in [0.717, 1.165) is 19.4 Å². The molecule has 22 heavy (non-hydrogen) atoms. The highest BCUT2D eigenvalue weighted by Crippen LogP contribution is 2.18. The minimum atomic E-state index is -0.0635. The van der Waals surface area contributed by atoms with Crippen LogP contribution >= 0.6 is 0 Å². The zero-order valence-electron chi connectivity index (χ0n) is 15.1. The molecule has 1 aliphatic rings. The predicted molar refractivity (Wildman–Crippen MR) is 89.5 cm³/mol. The fourth-order valence-electron chi connectivity index (χ4n) is 3.12. The first-order chi connectivity index (χ1) is 10.2. The first kappa shape index (κ1) is 18.9. The minimum Gasteiger partial charge on any atom is -0.354 e. The van der Waals surface area contributed by atoms with Gasteiger partial charge in [0.1, 0.15) is 0 Å². The van der Waals surface area contributed by atoms with Gasteiger partial charge in [-0.1, -0.05) is 27.7 Å². The van der Waals surface area contributed by atoms with Gasteiger partial charge >= 0.3 is 0 Å². The summed E-state index contributed by atoms with van der Waals surface area (Å²) in [6.45, 7) is 10.2. The lowest BCUT2D eigenvalue weighted by molar-refractivity contribution is -0.138. The Bertz CT molecular complexity index is 372. The normalized spacial score (nSPS) is 20.6. The number of piperidine rings is 1. The van der Waals surface area contributed by atoms with Crippen molar-refractivity contribution >= 4 is 11.8 Å². The van der Waals surface area contributed by atoms with E-state index in [1.165, 1.54) is 0 Å². The second-order valence-corrected chi connectivity index (χ2v) is 7.30. The van der Waals surface area contributed by atoms with Gasteiger partial charge < -0.3 is 15.1 Å². The number of likely N-dealkylation sites (tertiary alicyclic amines) is 1. The standard InChI is InChI=1S/C17H33N3O2/c1-12(2)15(19(5)6)10-18-16(21)14-8-7-9-20(11-14)17(22)13(3)4/h12-15H,7-11H2,1-6H3,(H,18,21)/t14-,15-/m0/s1. The van der Waals surface area contributed by atoms with E-state index in [1.807, 2.05) is 32.8 Å². The molecule has 0 spiro atoms. The Hall–Kier alpha value is -1.10. The lowest BCUT2D eigenvalue weighted by atomic mass is 9.95. The molecule has 0 aromatic rings. The Balaban J connectivity index is 2.53. The van der Waals surface area contributed by atoms with Gasteiger partial charge in [-0.3, -0.25) is 9.59 Å². The topological polar surface area (TPSA) is 52.7 Å². The highest BCUT2D eigenvalue weighted by molar-refractivity contribution is 5.82. The monoisotopic (exact) mass is 311 g/mol. The number of carbonyl (C=O) groups is 2. The second kappa shape index (κ2) is 8.51. The lowest BCUT2D eigenvalue weighted by Gasteiger charge is -2.34. The number of likely N-dealkylation sites (N-methyl/N-ethyl adjacent to an activating group) is 1. The lowest BCUT2D eigenvalue weighted by Crippen LogP contribution is -2.49. The van der Waals surface area contributed by atoms with E-state index in [9.17, 15) is 9.59 Å². The van der Waals surface area contributed by atoms with Crippen molar-refractivity contribution in [1.29, 1.82) is 0 Å². The van der Waals surface area contributed by atoms with E-state index in [1.54, 1.807) is 0 Å². The van der Waals surface area contributed by atoms with E-state index in [4.69, 9.17) is 0 Å². The SMILES string of the molecule is CC(C)C(=O)N1CCC[C@H](C(=O)NC[C@@H](C(C)C)N(C)C)C1. The second-order valence-electron chi connectivity index (χ2n) is 7.30. The van der Waals surface area contributed by atoms with Gasteiger partial charge in [-0.25, -0.2) is 0 Å². The molecule has 0 saturated carbocycles. The minimum absolute atomic E-state index is 0.000809. The Labute approximate surface area is 135 Å². The molecule has 128 valence electrons. The smallest absolute Gasteiger partial charge is 0.225 e. The summed E-state index contributed by atoms with van der Waals surface area (Å²) in [5.74, 6) is 0.674. The van der Waals surface area contributed by atoms with Crippen LogP contribution in [0.4, 0.5) is 0 Å². The van der Waals surface area contributed by atoms with Crippen molar-refractivity contribution < 1.29 is 9.59 Å². The van der Waals surface area contributed by atoms with Crippen LogP contribution < -0.4 is 5.32 Å². The molecule has 0 aliphatic carbocycles. The predicted octanol–water partition coefficient (Wildman–Crippen LogP) is 1.58. The molecule has 0 bridgehead atoms. The fourth-order valence-corrected chi connectivity index (χ4v) is 3.12. The highest BCUT2D eigenvalue weighted by Gasteiger charge is 2.29. The zero-order valence-corrected chi connectivity index (χ0v) is 15.1. The fraction of sp³-hybridized carbons (Fsp3) is 0.882. The number of nitrogens with one attached hydrogen (secondary N) is 1. The molecule has 1 N–H and O–H groups in total. The van der Waals surface area contributed by atoms with Crippen LogP contribution in [0, 0.1) is 17.8 Å². The van der Waals surface area contributed by atoms with Gasteiger partial charge in [0.25, 0.3) is 0 Å². The molecule has 1 fully saturated rings. The van der Waals surface area contributed by atoms with Gasteiger partial charge in [0, 0.05) is 31.6 Å². The van der Waals surface area contributed by atoms with Crippen molar-refractivity contribution in [3.8, 4) is 0 Å². The number of carbonyl (C=O) groups excluding carboxylic acids is 2. The molecule has 1 heterocycles. The summed E-state index contributed by atoms with van der Waals surface area (Å²) in [7, 11) is 4.08. The Kier molecular flexibility index (Phi) is 7.33. The average Bonchev–Trinajstić information content (AvgIpc) is 2.45. The molecular weight excluding hydrogens is 278 g/mol. The average molecular weight is 311 g/mol. The molecule has 5 nitrogen and oxygen atoms in total. The molecule has 0 aromatic carbocycles. The van der Waals surface area contributed by atoms with E-state index < -0.39 is 0 Å². The maximum absolute atomic E-state index is 12.4. The number of rotatable bonds is 6. The van der Waals surface area contributed by atoms with Crippen molar-refractivity contribution in [3.05, 3.63) is 0 Å². The van der Waals surface area contributed by atoms with Gasteiger partial charge in [0.2, 0.25) is 11.8 Å². The van der Waals surface area contributed by atoms with E-state index in [0.29, 0.717) is 25.0 Å². The molecule has 0 radical (unpaired) electrons. The summed E-state index contributed by atoms with van der Waals surface area (Å²) in [5.41, 5.74) is 0. The molecule has 0 aromatic heterocycles. The van der Waals surface area contributed by atoms with Crippen LogP contribution in [0.2, 0.25) is 0 Å². The maximum Gasteiger partial charge on any atom is 0.225 e. The third kappa shape index (κ3) is 5.27. The van der Waals surface area contributed by atoms with Crippen LogP contribution in [0.1, 0.15) is 40.5 Å². The number of hydrogen-bond donors (Lipinski definition) is 1. The van der Waals surface area contributed by atoms with Crippen molar-refractivity contribution in [2.75, 3.05) is 33.7 Å². The zero-order chi connectivity index (χ0) is 16.9. The Morgan fingerprint density at radius 3 is 2.36 bits per heavy atom. The van der Waals surface area contributed by atoms with Gasteiger partial charge in [-0.2, -0.15) is 0 Å². The van der Waals surface area contributed by atoms with E-state index in [2.05, 4.69) is 24.1 Å². The van der Waals surface area contributed by atoms with Gasteiger partial charge in [-0.15, -0.1) is 0 Å². The van der Waals surface area contributed by atoms with Crippen LogP contribution in [0.3, 0.4) is 0 Å². The summed E-state index contributed by atoms with van der Waals surface area (Å²) >= 11 is 0. The summed E-state index contributed by atoms with van der Waals surface area (Å²) in [5, 5.41) is 3.09. The number of amides is 2. The van der Waals surface area contributed by atoms with Crippen LogP contribution in [0.15, 0.2) is 0 Å². The maximum atomic E-state index is 12.4. The van der Waals surface area contributed by atoms with Crippen molar-refractivity contribution in [2.45, 2.75) is 46.6 Å². The first-order valence-electron chi connectivity index (χ1n) is 8.47. The molecule has 1 saturated heterocycles. The summed E-state index contributed by atoms with van der Waals surface area (Å²) in [6.07, 6.45) is 1.79. The molecular formula is C17H33N3O2. The van der Waals surface area contributed by atoms with Gasteiger partial charge in [0.15, 0.2) is 0 Å². The summed E-state index contributed by atoms with van der Waals surface area (Å²) < 4.78 is 0. The molecule has 2 atom stereocenters. The summed E-state index contributed by atoms with van der Waals surface area (Å²) in [6, 6.07) is 0.334. The van der Waals surface area contributed by atoms with Crippen molar-refractivity contribution in [3.63, 3.8) is 0 Å². The van der Waals surface area contributed by atoms with E-state index in [-0.39, 0.29) is 23.7 Å². The van der Waals surface area contributed by atoms with Crippen LogP contribution in [0.5, 0.6) is 0 Å². The van der Waals surface area contributed by atoms with Crippen LogP contribution in [-0.4, -0.2) is 61.4 Å². The molecule has 1 rings (SSSR count). The summed E-state index contributed by atoms with van der Waals surface area (Å²) in [4.78, 5) is 28.5. The largest absolute Gasteiger partial charge is 0.354 e. The first-order valence-corrected chi connectivity index (χ1v) is 8.47. The molecule has 5 heteroatoms. The van der Waals surface area contributed by atoms with Crippen LogP contribution in [-0.2, 0) is 9.59 Å². The van der Waals surface area contributed by atoms with Crippen molar-refractivity contribution in [2.24, 2.45) is 17.8 Å². The highest BCUT2D eigenvalue weighted by atomic mass is 16.2. The number of nitrogens with zero attached hydrogens (tertiary/aromatic N) is 2. The van der Waals surface area contributed by atoms with E-state index >= 15 is 0 Å². The quantitative estimate of drug-likeness (QED) is 0.810. The third-order valence-corrected chi connectivity index (χ3v) is 4.52. The Morgan fingerprint density at radius 2 is 1.86 bits per heavy atom. The van der Waals surface area contributed by atoms with Gasteiger partial charge in [-0.05, 0) is 32.9 Å². The molecule has 0 unspecified atom stereocenters. The third-order valence-electron chi connectivity index (χ3n) is 4.52. The number of hydrogen-bond acceptors (Lipinski definition) is 3. The molecule has 2 amide bonds. The van der Waals surface area contributed by atoms with Crippen molar-refractivity contribution in [1.82, 2.24) is 15.1 Å². The molecule has 1 aliphatic heterocycles.